The Morgan fingerprint density at radius 2 is 1.22 bits per heavy atom. The molecule has 0 aromatic carbocycles. The molecular formula is C21H42N10O5S. The third-order valence-corrected chi connectivity index (χ3v) is 5.38. The van der Waals surface area contributed by atoms with E-state index in [2.05, 4.69) is 38.6 Å². The van der Waals surface area contributed by atoms with E-state index >= 15 is 0 Å². The number of carbonyl (C=O) groups is 4. The monoisotopic (exact) mass is 546 g/mol. The molecule has 0 radical (unpaired) electrons. The number of hydrogen-bond acceptors (Lipinski definition) is 8. The number of aliphatic imine (C=N–C) groups is 2. The van der Waals surface area contributed by atoms with Crippen molar-refractivity contribution in [2.75, 3.05) is 18.8 Å². The van der Waals surface area contributed by atoms with Gasteiger partial charge in [-0.3, -0.25) is 24.4 Å². The minimum absolute atomic E-state index is 0.0578. The number of aliphatic carboxylic acids is 1. The van der Waals surface area contributed by atoms with E-state index in [0.29, 0.717) is 19.3 Å². The van der Waals surface area contributed by atoms with Gasteiger partial charge in [-0.05, 0) is 38.0 Å². The van der Waals surface area contributed by atoms with Gasteiger partial charge in [0.25, 0.3) is 0 Å². The van der Waals surface area contributed by atoms with Gasteiger partial charge in [-0.15, -0.1) is 0 Å². The van der Waals surface area contributed by atoms with Crippen LogP contribution in [0, 0.1) is 5.92 Å². The van der Waals surface area contributed by atoms with Gasteiger partial charge in [0.05, 0.1) is 6.04 Å². The maximum atomic E-state index is 13.0. The average molecular weight is 547 g/mol. The fraction of sp³-hybridized carbons (Fsp3) is 0.714. The van der Waals surface area contributed by atoms with Gasteiger partial charge >= 0.3 is 5.97 Å². The summed E-state index contributed by atoms with van der Waals surface area (Å²) < 4.78 is 0. The lowest BCUT2D eigenvalue weighted by atomic mass is 10.0. The first kappa shape index (κ1) is 33.7. The summed E-state index contributed by atoms with van der Waals surface area (Å²) in [7, 11) is 0. The molecule has 16 heteroatoms. The summed E-state index contributed by atoms with van der Waals surface area (Å²) in [6.07, 6.45) is 1.28. The number of nitrogens with one attached hydrogen (secondary N) is 3. The van der Waals surface area contributed by atoms with Crippen LogP contribution in [0.1, 0.15) is 46.0 Å². The molecule has 0 saturated heterocycles. The normalized spacial score (nSPS) is 14.0. The van der Waals surface area contributed by atoms with Crippen molar-refractivity contribution in [3.8, 4) is 0 Å². The molecule has 15 nitrogen and oxygen atoms in total. The molecule has 4 atom stereocenters. The highest BCUT2D eigenvalue weighted by Gasteiger charge is 2.29. The second-order valence-corrected chi connectivity index (χ2v) is 9.20. The van der Waals surface area contributed by atoms with Crippen molar-refractivity contribution >= 4 is 48.2 Å². The number of carbonyl (C=O) groups excluding carboxylic acids is 3. The number of carboxylic acids is 1. The molecule has 0 aliphatic heterocycles. The number of hydrogen-bond donors (Lipinski definition) is 10. The van der Waals surface area contributed by atoms with Gasteiger partial charge in [0.15, 0.2) is 11.9 Å². The molecule has 0 rings (SSSR count). The van der Waals surface area contributed by atoms with Crippen molar-refractivity contribution in [1.29, 1.82) is 0 Å². The summed E-state index contributed by atoms with van der Waals surface area (Å²) in [6, 6.07) is -4.26. The molecule has 4 unspecified atom stereocenters. The largest absolute Gasteiger partial charge is 0.480 e. The first-order valence-electron chi connectivity index (χ1n) is 11.9. The van der Waals surface area contributed by atoms with E-state index in [9.17, 15) is 24.3 Å². The molecule has 0 aliphatic rings. The van der Waals surface area contributed by atoms with Crippen molar-refractivity contribution in [3.63, 3.8) is 0 Å². The number of carboxylic acid groups (broad SMARTS) is 1. The molecule has 3 amide bonds. The molecular weight excluding hydrogens is 504 g/mol. The Kier molecular flexibility index (Phi) is 16.5. The molecule has 0 aromatic rings. The van der Waals surface area contributed by atoms with E-state index in [4.69, 9.17) is 28.7 Å². The summed E-state index contributed by atoms with van der Waals surface area (Å²) in [5.74, 6) is -3.39. The van der Waals surface area contributed by atoms with E-state index in [1.807, 2.05) is 13.8 Å². The Morgan fingerprint density at radius 1 is 0.784 bits per heavy atom. The van der Waals surface area contributed by atoms with Crippen LogP contribution in [0.15, 0.2) is 9.98 Å². The molecule has 0 bridgehead atoms. The van der Waals surface area contributed by atoms with Crippen molar-refractivity contribution in [1.82, 2.24) is 16.0 Å². The van der Waals surface area contributed by atoms with Gasteiger partial charge in [0, 0.05) is 18.8 Å². The highest BCUT2D eigenvalue weighted by atomic mass is 32.1. The predicted octanol–water partition coefficient (Wildman–Crippen LogP) is -3.06. The Balaban J connectivity index is 5.33. The van der Waals surface area contributed by atoms with Crippen LogP contribution in [0.25, 0.3) is 0 Å². The lowest BCUT2D eigenvalue weighted by Gasteiger charge is -2.24. The standard InChI is InChI=1S/C21H42N10O5S/c1-11(2)9-12(22)16(32)29-13(5-3-7-27-20(23)24)17(33)31-15(10-37)18(34)30-14(19(35)36)6-4-8-28-21(25)26/h11-15,37H,3-10,22H2,1-2H3,(H,29,32)(H,30,34)(H,31,33)(H,35,36)(H4,23,24,27)(H4,25,26,28). The van der Waals surface area contributed by atoms with Gasteiger partial charge < -0.3 is 49.7 Å². The number of nitrogens with two attached hydrogens (primary N) is 5. The van der Waals surface area contributed by atoms with Crippen LogP contribution < -0.4 is 44.6 Å². The van der Waals surface area contributed by atoms with Crippen LogP contribution in [0.5, 0.6) is 0 Å². The van der Waals surface area contributed by atoms with Gasteiger partial charge in [-0.25, -0.2) is 4.79 Å². The second kappa shape index (κ2) is 18.0. The maximum absolute atomic E-state index is 13.0. The number of rotatable bonds is 18. The van der Waals surface area contributed by atoms with Crippen LogP contribution in [-0.2, 0) is 19.2 Å². The molecule has 0 spiro atoms. The highest BCUT2D eigenvalue weighted by molar-refractivity contribution is 7.80. The summed E-state index contributed by atoms with van der Waals surface area (Å²) in [5.41, 5.74) is 27.0. The number of guanidine groups is 2. The van der Waals surface area contributed by atoms with Crippen LogP contribution in [0.3, 0.4) is 0 Å². The lowest BCUT2D eigenvalue weighted by Crippen LogP contribution is -2.57. The zero-order valence-electron chi connectivity index (χ0n) is 21.4. The second-order valence-electron chi connectivity index (χ2n) is 8.84. The van der Waals surface area contributed by atoms with E-state index in [-0.39, 0.29) is 49.5 Å². The van der Waals surface area contributed by atoms with Gasteiger partial charge in [0.1, 0.15) is 18.1 Å². The number of thiol groups is 1. The Labute approximate surface area is 222 Å². The molecule has 0 heterocycles. The molecule has 0 aliphatic carbocycles. The summed E-state index contributed by atoms with van der Waals surface area (Å²) >= 11 is 4.11. The summed E-state index contributed by atoms with van der Waals surface area (Å²) in [4.78, 5) is 57.4. The van der Waals surface area contributed by atoms with Crippen LogP contribution in [0.2, 0.25) is 0 Å². The van der Waals surface area contributed by atoms with Gasteiger partial charge in [0.2, 0.25) is 17.7 Å². The van der Waals surface area contributed by atoms with Crippen molar-refractivity contribution in [3.05, 3.63) is 0 Å². The zero-order valence-corrected chi connectivity index (χ0v) is 22.2. The van der Waals surface area contributed by atoms with E-state index in [1.54, 1.807) is 0 Å². The first-order chi connectivity index (χ1) is 17.3. The molecule has 0 saturated carbocycles. The lowest BCUT2D eigenvalue weighted by molar-refractivity contribution is -0.142. The highest BCUT2D eigenvalue weighted by Crippen LogP contribution is 2.06. The van der Waals surface area contributed by atoms with Crippen molar-refractivity contribution in [2.45, 2.75) is 70.1 Å². The number of nitrogens with zero attached hydrogens (tertiary/aromatic N) is 2. The summed E-state index contributed by atoms with van der Waals surface area (Å²) in [6.45, 7) is 4.23. The molecule has 0 fully saturated rings. The molecule has 212 valence electrons. The zero-order chi connectivity index (χ0) is 28.5. The fourth-order valence-electron chi connectivity index (χ4n) is 3.17. The van der Waals surface area contributed by atoms with Crippen molar-refractivity contribution < 1.29 is 24.3 Å². The molecule has 0 aromatic heterocycles. The minimum Gasteiger partial charge on any atom is -0.480 e. The fourth-order valence-corrected chi connectivity index (χ4v) is 3.42. The summed E-state index contributed by atoms with van der Waals surface area (Å²) in [5, 5.41) is 16.9. The Morgan fingerprint density at radius 3 is 1.65 bits per heavy atom. The Hall–Kier alpha value is -3.27. The van der Waals surface area contributed by atoms with Crippen molar-refractivity contribution in [2.24, 2.45) is 44.6 Å². The van der Waals surface area contributed by atoms with E-state index in [0.717, 1.165) is 0 Å². The average Bonchev–Trinajstić information content (AvgIpc) is 2.79. The van der Waals surface area contributed by atoms with Gasteiger partial charge in [-0.1, -0.05) is 13.8 Å². The molecule has 37 heavy (non-hydrogen) atoms. The van der Waals surface area contributed by atoms with Gasteiger partial charge in [-0.2, -0.15) is 12.6 Å². The SMILES string of the molecule is CC(C)CC(N)C(=O)NC(CCCN=C(N)N)C(=O)NC(CS)C(=O)NC(CCCN=C(N)N)C(=O)O. The third-order valence-electron chi connectivity index (χ3n) is 5.02. The molecule has 14 N–H and O–H groups in total. The van der Waals surface area contributed by atoms with Crippen LogP contribution in [0.4, 0.5) is 0 Å². The smallest absolute Gasteiger partial charge is 0.326 e. The van der Waals surface area contributed by atoms with Crippen LogP contribution >= 0.6 is 12.6 Å². The third kappa shape index (κ3) is 15.4. The van der Waals surface area contributed by atoms with E-state index in [1.165, 1.54) is 0 Å². The van der Waals surface area contributed by atoms with E-state index < -0.39 is 47.9 Å². The maximum Gasteiger partial charge on any atom is 0.326 e. The first-order valence-corrected chi connectivity index (χ1v) is 12.5. The van der Waals surface area contributed by atoms with Crippen LogP contribution in [-0.4, -0.2) is 83.7 Å². The topological polar surface area (TPSA) is 279 Å². The quantitative estimate of drug-likeness (QED) is 0.0358. The number of amides is 3. The Bertz CT molecular complexity index is 816. The predicted molar refractivity (Wildman–Crippen MR) is 145 cm³/mol. The minimum atomic E-state index is -1.26.